The third-order valence-electron chi connectivity index (χ3n) is 3.49. The Balaban J connectivity index is 2.81. The molecule has 0 aromatic rings. The van der Waals surface area contributed by atoms with Crippen LogP contribution in [0.3, 0.4) is 0 Å². The Morgan fingerprint density at radius 1 is 1.12 bits per heavy atom. The van der Waals surface area contributed by atoms with Gasteiger partial charge in [-0.05, 0) is 23.9 Å². The van der Waals surface area contributed by atoms with Crippen LogP contribution in [0.4, 0.5) is 0 Å². The SMILES string of the molecule is C[SiH2]CC1=CC(C)(C[SiH2]C)CC(C[SiH2]C)=C1. The van der Waals surface area contributed by atoms with E-state index in [0.29, 0.717) is 5.41 Å². The Labute approximate surface area is 108 Å². The molecule has 0 heterocycles. The monoisotopic (exact) mass is 268 g/mol. The quantitative estimate of drug-likeness (QED) is 0.648. The minimum absolute atomic E-state index is 0.180. The van der Waals surface area contributed by atoms with Gasteiger partial charge >= 0.3 is 0 Å². The first-order chi connectivity index (χ1) is 7.63. The summed E-state index contributed by atoms with van der Waals surface area (Å²) in [5.74, 6) is 0. The van der Waals surface area contributed by atoms with E-state index in [4.69, 9.17) is 0 Å². The lowest BCUT2D eigenvalue weighted by Gasteiger charge is -2.32. The van der Waals surface area contributed by atoms with E-state index in [1.807, 2.05) is 0 Å². The molecule has 1 aliphatic rings. The second-order valence-corrected chi connectivity index (χ2v) is 10.1. The van der Waals surface area contributed by atoms with Crippen LogP contribution >= 0.6 is 0 Å². The van der Waals surface area contributed by atoms with Gasteiger partial charge in [0.15, 0.2) is 0 Å². The van der Waals surface area contributed by atoms with Gasteiger partial charge in [0.25, 0.3) is 0 Å². The first-order valence-corrected chi connectivity index (χ1v) is 14.3. The molecule has 0 aliphatic heterocycles. The highest BCUT2D eigenvalue weighted by Gasteiger charge is 2.25. The fraction of sp³-hybridized carbons (Fsp3) is 0.692. The average molecular weight is 269 g/mol. The van der Waals surface area contributed by atoms with Crippen LogP contribution in [0, 0.1) is 5.41 Å². The Morgan fingerprint density at radius 2 is 1.81 bits per heavy atom. The van der Waals surface area contributed by atoms with Gasteiger partial charge in [-0.25, -0.2) is 0 Å². The van der Waals surface area contributed by atoms with E-state index in [9.17, 15) is 0 Å². The van der Waals surface area contributed by atoms with Crippen molar-refractivity contribution < 1.29 is 0 Å². The standard InChI is InChI=1S/C13H28Si3/c1-13(10-16-4)6-11(8-14-2)5-12(7-13)9-15-3/h5-6H,7-10,14-16H2,1-4H3. The highest BCUT2D eigenvalue weighted by atomic mass is 28.2. The lowest BCUT2D eigenvalue weighted by molar-refractivity contribution is 0.464. The van der Waals surface area contributed by atoms with Gasteiger partial charge in [-0.15, -0.1) is 0 Å². The largest absolute Gasteiger partial charge is 0.0757 e. The molecule has 0 aromatic carbocycles. The van der Waals surface area contributed by atoms with Crippen molar-refractivity contribution in [3.05, 3.63) is 23.3 Å². The van der Waals surface area contributed by atoms with Crippen molar-refractivity contribution in [2.24, 2.45) is 5.41 Å². The van der Waals surface area contributed by atoms with Gasteiger partial charge in [0.1, 0.15) is 0 Å². The Bertz CT molecular complexity index is 281. The smallest absolute Gasteiger partial charge is 0.0217 e. The van der Waals surface area contributed by atoms with Crippen LogP contribution in [-0.4, -0.2) is 28.6 Å². The van der Waals surface area contributed by atoms with Crippen molar-refractivity contribution in [1.82, 2.24) is 0 Å². The molecule has 0 fully saturated rings. The molecule has 1 unspecified atom stereocenters. The summed E-state index contributed by atoms with van der Waals surface area (Å²) in [6.07, 6.45) is 6.58. The van der Waals surface area contributed by atoms with Crippen LogP contribution in [0.25, 0.3) is 0 Å². The fourth-order valence-corrected chi connectivity index (χ4v) is 6.31. The zero-order valence-corrected chi connectivity index (χ0v) is 15.8. The van der Waals surface area contributed by atoms with Crippen LogP contribution in [0.1, 0.15) is 13.3 Å². The van der Waals surface area contributed by atoms with Gasteiger partial charge in [-0.3, -0.25) is 0 Å². The lowest BCUT2D eigenvalue weighted by atomic mass is 9.80. The van der Waals surface area contributed by atoms with Crippen LogP contribution in [0.15, 0.2) is 23.3 Å². The van der Waals surface area contributed by atoms with E-state index in [2.05, 4.69) is 38.7 Å². The van der Waals surface area contributed by atoms with Crippen molar-refractivity contribution >= 4 is 28.6 Å². The molecule has 0 nitrogen and oxygen atoms in total. The van der Waals surface area contributed by atoms with Gasteiger partial charge in [-0.1, -0.05) is 55.9 Å². The van der Waals surface area contributed by atoms with E-state index in [1.165, 1.54) is 24.6 Å². The zero-order chi connectivity index (χ0) is 12.0. The molecule has 0 saturated heterocycles. The highest BCUT2D eigenvalue weighted by Crippen LogP contribution is 2.39. The molecule has 92 valence electrons. The minimum Gasteiger partial charge on any atom is -0.0757 e. The molecule has 0 saturated carbocycles. The molecule has 3 heteroatoms. The average Bonchev–Trinajstić information content (AvgIpc) is 2.17. The normalized spacial score (nSPS) is 27.5. The third-order valence-corrected chi connectivity index (χ3v) is 7.35. The van der Waals surface area contributed by atoms with E-state index in [0.717, 1.165) is 0 Å². The fourth-order valence-electron chi connectivity index (χ4n) is 3.02. The number of hydrogen-bond donors (Lipinski definition) is 0. The molecule has 16 heavy (non-hydrogen) atoms. The van der Waals surface area contributed by atoms with Crippen LogP contribution in [-0.2, 0) is 0 Å². The second-order valence-electron chi connectivity index (χ2n) is 5.60. The van der Waals surface area contributed by atoms with Crippen LogP contribution in [0.5, 0.6) is 0 Å². The molecule has 1 rings (SSSR count). The van der Waals surface area contributed by atoms with Crippen molar-refractivity contribution in [3.63, 3.8) is 0 Å². The van der Waals surface area contributed by atoms with Gasteiger partial charge in [0.05, 0.1) is 0 Å². The van der Waals surface area contributed by atoms with Crippen molar-refractivity contribution in [2.75, 3.05) is 0 Å². The summed E-state index contributed by atoms with van der Waals surface area (Å²) in [5, 5.41) is 0. The second kappa shape index (κ2) is 6.77. The summed E-state index contributed by atoms with van der Waals surface area (Å²) in [6.45, 7) is 9.84. The van der Waals surface area contributed by atoms with Gasteiger partial charge in [0.2, 0.25) is 0 Å². The van der Waals surface area contributed by atoms with Crippen molar-refractivity contribution in [1.29, 1.82) is 0 Å². The molecule has 0 bridgehead atoms. The van der Waals surface area contributed by atoms with Crippen LogP contribution in [0.2, 0.25) is 37.8 Å². The summed E-state index contributed by atoms with van der Waals surface area (Å²) in [5.41, 5.74) is 4.04. The molecular formula is C13H28Si3. The summed E-state index contributed by atoms with van der Waals surface area (Å²) in [6, 6.07) is 4.39. The minimum atomic E-state index is 0.180. The van der Waals surface area contributed by atoms with Crippen LogP contribution < -0.4 is 0 Å². The molecule has 1 aliphatic carbocycles. The Morgan fingerprint density at radius 3 is 2.38 bits per heavy atom. The van der Waals surface area contributed by atoms with E-state index < -0.39 is 0 Å². The van der Waals surface area contributed by atoms with Crippen molar-refractivity contribution in [2.45, 2.75) is 51.1 Å². The van der Waals surface area contributed by atoms with Crippen molar-refractivity contribution in [3.8, 4) is 0 Å². The number of hydrogen-bond acceptors (Lipinski definition) is 0. The van der Waals surface area contributed by atoms with Gasteiger partial charge in [0, 0.05) is 28.6 Å². The Kier molecular flexibility index (Phi) is 6.00. The maximum Gasteiger partial charge on any atom is 0.0217 e. The van der Waals surface area contributed by atoms with E-state index in [-0.39, 0.29) is 28.6 Å². The molecule has 0 radical (unpaired) electrons. The first-order valence-electron chi connectivity index (χ1n) is 7.04. The number of rotatable bonds is 6. The summed E-state index contributed by atoms with van der Waals surface area (Å²) in [7, 11) is 0.567. The lowest BCUT2D eigenvalue weighted by Crippen LogP contribution is -2.20. The van der Waals surface area contributed by atoms with Gasteiger partial charge < -0.3 is 0 Å². The molecule has 0 aromatic heterocycles. The van der Waals surface area contributed by atoms with E-state index >= 15 is 0 Å². The zero-order valence-electron chi connectivity index (χ0n) is 11.6. The predicted molar refractivity (Wildman–Crippen MR) is 86.5 cm³/mol. The maximum absolute atomic E-state index is 2.64. The first kappa shape index (κ1) is 14.2. The predicted octanol–water partition coefficient (Wildman–Crippen LogP) is 2.15. The van der Waals surface area contributed by atoms with E-state index in [1.54, 1.807) is 11.1 Å². The summed E-state index contributed by atoms with van der Waals surface area (Å²) < 4.78 is 0. The molecule has 1 atom stereocenters. The number of allylic oxidation sites excluding steroid dienone is 4. The molecule has 0 N–H and O–H groups in total. The third kappa shape index (κ3) is 4.18. The summed E-state index contributed by atoms with van der Waals surface area (Å²) in [4.78, 5) is 0. The van der Waals surface area contributed by atoms with Gasteiger partial charge in [-0.2, -0.15) is 0 Å². The molecule has 0 spiro atoms. The molecular weight excluding hydrogens is 240 g/mol. The Hall–Kier alpha value is 0.131. The topological polar surface area (TPSA) is 0 Å². The maximum atomic E-state index is 2.64. The highest BCUT2D eigenvalue weighted by molar-refractivity contribution is 6.35. The summed E-state index contributed by atoms with van der Waals surface area (Å²) >= 11 is 0. The molecule has 0 amide bonds.